The Morgan fingerprint density at radius 1 is 1.17 bits per heavy atom. The lowest BCUT2D eigenvalue weighted by Gasteiger charge is -2.11. The molecule has 0 atom stereocenters. The average Bonchev–Trinajstić information content (AvgIpc) is 2.49. The third-order valence-electron chi connectivity index (χ3n) is 2.92. The van der Waals surface area contributed by atoms with Crippen molar-refractivity contribution in [3.63, 3.8) is 0 Å². The molecule has 0 unspecified atom stereocenters. The summed E-state index contributed by atoms with van der Waals surface area (Å²) in [4.78, 5) is 0. The first-order chi connectivity index (χ1) is 11.1. The first kappa shape index (κ1) is 18.0. The van der Waals surface area contributed by atoms with Gasteiger partial charge in [-0.3, -0.25) is 0 Å². The monoisotopic (exact) mass is 372 g/mol. The second kappa shape index (κ2) is 9.05. The summed E-state index contributed by atoms with van der Waals surface area (Å²) in [5.41, 5.74) is 1.10. The van der Waals surface area contributed by atoms with E-state index in [2.05, 4.69) is 10.6 Å². The molecule has 0 aliphatic rings. The zero-order chi connectivity index (χ0) is 16.7. The van der Waals surface area contributed by atoms with Crippen molar-refractivity contribution in [2.24, 2.45) is 0 Å². The van der Waals surface area contributed by atoms with E-state index < -0.39 is 0 Å². The van der Waals surface area contributed by atoms with Crippen LogP contribution < -0.4 is 10.6 Å². The average molecular weight is 373 g/mol. The van der Waals surface area contributed by atoms with Crippen LogP contribution in [0.5, 0.6) is 0 Å². The van der Waals surface area contributed by atoms with Gasteiger partial charge in [0.1, 0.15) is 11.6 Å². The zero-order valence-electron chi connectivity index (χ0n) is 12.1. The van der Waals surface area contributed by atoms with E-state index in [1.54, 1.807) is 36.0 Å². The lowest BCUT2D eigenvalue weighted by Crippen LogP contribution is -2.30. The standard InChI is InChI=1S/C16H15ClF2N2S2/c17-14-5-2-6-15(19)13(14)10-23-8-7-20-16(22)21-12-4-1-3-11(18)9-12/h1-6,9H,7-8,10H2,(H2,20,21,22). The summed E-state index contributed by atoms with van der Waals surface area (Å²) in [6.45, 7) is 0.609. The van der Waals surface area contributed by atoms with E-state index in [0.717, 1.165) is 5.75 Å². The Bertz CT molecular complexity index is 663. The molecular weight excluding hydrogens is 358 g/mol. The van der Waals surface area contributed by atoms with Gasteiger partial charge in [0.05, 0.1) is 0 Å². The van der Waals surface area contributed by atoms with Crippen LogP contribution in [0.25, 0.3) is 0 Å². The van der Waals surface area contributed by atoms with E-state index in [4.69, 9.17) is 23.8 Å². The highest BCUT2D eigenvalue weighted by Gasteiger charge is 2.06. The fourth-order valence-corrected chi connectivity index (χ4v) is 3.24. The number of rotatable bonds is 6. The SMILES string of the molecule is Fc1cccc(NC(=S)NCCSCc2c(F)cccc2Cl)c1. The topological polar surface area (TPSA) is 24.1 Å². The molecule has 0 bridgehead atoms. The van der Waals surface area contributed by atoms with E-state index in [9.17, 15) is 8.78 Å². The summed E-state index contributed by atoms with van der Waals surface area (Å²) in [6.07, 6.45) is 0. The van der Waals surface area contributed by atoms with Gasteiger partial charge in [0.2, 0.25) is 0 Å². The highest BCUT2D eigenvalue weighted by atomic mass is 35.5. The van der Waals surface area contributed by atoms with E-state index >= 15 is 0 Å². The van der Waals surface area contributed by atoms with Crippen molar-refractivity contribution >= 4 is 46.4 Å². The molecule has 2 aromatic rings. The summed E-state index contributed by atoms with van der Waals surface area (Å²) in [7, 11) is 0. The summed E-state index contributed by atoms with van der Waals surface area (Å²) in [5, 5.41) is 6.77. The van der Waals surface area contributed by atoms with Gasteiger partial charge in [-0.25, -0.2) is 8.78 Å². The zero-order valence-corrected chi connectivity index (χ0v) is 14.5. The van der Waals surface area contributed by atoms with Gasteiger partial charge < -0.3 is 10.6 Å². The van der Waals surface area contributed by atoms with Gasteiger partial charge in [-0.1, -0.05) is 23.7 Å². The Kier molecular flexibility index (Phi) is 7.08. The van der Waals surface area contributed by atoms with Crippen molar-refractivity contribution < 1.29 is 8.78 Å². The number of hydrogen-bond acceptors (Lipinski definition) is 2. The fraction of sp³-hybridized carbons (Fsp3) is 0.188. The van der Waals surface area contributed by atoms with Crippen molar-refractivity contribution in [3.05, 3.63) is 64.7 Å². The number of benzene rings is 2. The largest absolute Gasteiger partial charge is 0.362 e. The van der Waals surface area contributed by atoms with Crippen LogP contribution in [0.3, 0.4) is 0 Å². The summed E-state index contributed by atoms with van der Waals surface area (Å²) < 4.78 is 26.6. The van der Waals surface area contributed by atoms with E-state index in [0.29, 0.717) is 33.7 Å². The molecule has 0 saturated carbocycles. The molecule has 0 aliphatic carbocycles. The summed E-state index contributed by atoms with van der Waals surface area (Å²) in [6, 6.07) is 10.7. The predicted molar refractivity (Wildman–Crippen MR) is 98.2 cm³/mol. The Morgan fingerprint density at radius 3 is 2.70 bits per heavy atom. The molecular formula is C16H15ClF2N2S2. The number of anilines is 1. The summed E-state index contributed by atoms with van der Waals surface area (Å²) >= 11 is 12.6. The van der Waals surface area contributed by atoms with Crippen molar-refractivity contribution in [1.29, 1.82) is 0 Å². The van der Waals surface area contributed by atoms with Crippen LogP contribution >= 0.6 is 35.6 Å². The van der Waals surface area contributed by atoms with Crippen molar-refractivity contribution in [3.8, 4) is 0 Å². The molecule has 0 heterocycles. The van der Waals surface area contributed by atoms with Gasteiger partial charge >= 0.3 is 0 Å². The quantitative estimate of drug-likeness (QED) is 0.559. The Hall–Kier alpha value is -1.37. The minimum absolute atomic E-state index is 0.291. The van der Waals surface area contributed by atoms with Crippen LogP contribution in [-0.2, 0) is 5.75 Å². The van der Waals surface area contributed by atoms with E-state index in [-0.39, 0.29) is 11.6 Å². The second-order valence-corrected chi connectivity index (χ2v) is 6.56. The van der Waals surface area contributed by atoms with E-state index in [1.807, 2.05) is 0 Å². The molecule has 2 N–H and O–H groups in total. The van der Waals surface area contributed by atoms with Crippen LogP contribution in [0.4, 0.5) is 14.5 Å². The molecule has 2 nitrogen and oxygen atoms in total. The molecule has 0 fully saturated rings. The van der Waals surface area contributed by atoms with Crippen LogP contribution in [-0.4, -0.2) is 17.4 Å². The van der Waals surface area contributed by atoms with Crippen molar-refractivity contribution in [2.75, 3.05) is 17.6 Å². The summed E-state index contributed by atoms with van der Waals surface area (Å²) in [5.74, 6) is 0.615. The number of hydrogen-bond donors (Lipinski definition) is 2. The molecule has 23 heavy (non-hydrogen) atoms. The minimum atomic E-state index is -0.324. The van der Waals surface area contributed by atoms with Crippen molar-refractivity contribution in [2.45, 2.75) is 5.75 Å². The van der Waals surface area contributed by atoms with Crippen LogP contribution in [0.1, 0.15) is 5.56 Å². The molecule has 0 radical (unpaired) electrons. The van der Waals surface area contributed by atoms with Gasteiger partial charge in [-0.05, 0) is 42.5 Å². The maximum Gasteiger partial charge on any atom is 0.170 e. The van der Waals surface area contributed by atoms with Gasteiger partial charge in [-0.2, -0.15) is 11.8 Å². The molecule has 7 heteroatoms. The lowest BCUT2D eigenvalue weighted by molar-refractivity contribution is 0.617. The Labute approximate surface area is 148 Å². The fourth-order valence-electron chi connectivity index (χ4n) is 1.82. The smallest absolute Gasteiger partial charge is 0.170 e. The second-order valence-electron chi connectivity index (χ2n) is 4.64. The van der Waals surface area contributed by atoms with Crippen molar-refractivity contribution in [1.82, 2.24) is 5.32 Å². The van der Waals surface area contributed by atoms with Crippen LogP contribution in [0.15, 0.2) is 42.5 Å². The van der Waals surface area contributed by atoms with Gasteiger partial charge in [0.25, 0.3) is 0 Å². The lowest BCUT2D eigenvalue weighted by atomic mass is 10.2. The molecule has 122 valence electrons. The maximum absolute atomic E-state index is 13.6. The Morgan fingerprint density at radius 2 is 1.96 bits per heavy atom. The molecule has 0 saturated heterocycles. The number of thioether (sulfide) groups is 1. The predicted octanol–water partition coefficient (Wildman–Crippen LogP) is 4.84. The van der Waals surface area contributed by atoms with Gasteiger partial charge in [0, 0.05) is 34.3 Å². The van der Waals surface area contributed by atoms with Crippen LogP contribution in [0, 0.1) is 11.6 Å². The normalized spacial score (nSPS) is 10.4. The van der Waals surface area contributed by atoms with Gasteiger partial charge in [0.15, 0.2) is 5.11 Å². The number of halogens is 3. The third kappa shape index (κ3) is 5.97. The molecule has 0 aromatic heterocycles. The van der Waals surface area contributed by atoms with E-state index in [1.165, 1.54) is 18.2 Å². The first-order valence-electron chi connectivity index (χ1n) is 6.87. The highest BCUT2D eigenvalue weighted by molar-refractivity contribution is 7.98. The maximum atomic E-state index is 13.6. The molecule has 2 rings (SSSR count). The van der Waals surface area contributed by atoms with Gasteiger partial charge in [-0.15, -0.1) is 0 Å². The minimum Gasteiger partial charge on any atom is -0.362 e. The number of nitrogens with one attached hydrogen (secondary N) is 2. The first-order valence-corrected chi connectivity index (χ1v) is 8.81. The third-order valence-corrected chi connectivity index (χ3v) is 4.51. The Balaban J connectivity index is 1.68. The molecule has 0 spiro atoms. The molecule has 0 amide bonds. The molecule has 0 aliphatic heterocycles. The van der Waals surface area contributed by atoms with Crippen LogP contribution in [0.2, 0.25) is 5.02 Å². The molecule has 2 aromatic carbocycles. The number of thiocarbonyl (C=S) groups is 1. The highest BCUT2D eigenvalue weighted by Crippen LogP contribution is 2.23.